The van der Waals surface area contributed by atoms with Gasteiger partial charge in [0, 0.05) is 6.42 Å². The zero-order chi connectivity index (χ0) is 7.82. The van der Waals surface area contributed by atoms with Crippen molar-refractivity contribution in [1.82, 2.24) is 0 Å². The Balaban J connectivity index is 2.83. The Morgan fingerprint density at radius 2 is 2.10 bits per heavy atom. The molecule has 0 bridgehead atoms. The van der Waals surface area contributed by atoms with E-state index in [1.165, 1.54) is 0 Å². The number of rotatable bonds is 6. The van der Waals surface area contributed by atoms with Gasteiger partial charge in [0.1, 0.15) is 6.29 Å². The van der Waals surface area contributed by atoms with Crippen LogP contribution < -0.4 is 0 Å². The average molecular weight is 166 g/mol. The molecule has 10 heavy (non-hydrogen) atoms. The van der Waals surface area contributed by atoms with Gasteiger partial charge < -0.3 is 19.1 Å². The van der Waals surface area contributed by atoms with Crippen molar-refractivity contribution in [2.45, 2.75) is 19.3 Å². The maximum Gasteiger partial charge on any atom is 0.327 e. The molecule has 0 aromatic rings. The number of carbonyl (C=O) groups excluding carboxylic acids is 1. The highest BCUT2D eigenvalue weighted by Gasteiger charge is 1.96. The summed E-state index contributed by atoms with van der Waals surface area (Å²) in [6, 6.07) is 0. The molecule has 0 radical (unpaired) electrons. The monoisotopic (exact) mass is 166 g/mol. The van der Waals surface area contributed by atoms with Crippen molar-refractivity contribution in [3.05, 3.63) is 0 Å². The summed E-state index contributed by atoms with van der Waals surface area (Å²) in [5.41, 5.74) is 0. The third-order valence-electron chi connectivity index (χ3n) is 0.923. The van der Waals surface area contributed by atoms with Crippen LogP contribution in [0.1, 0.15) is 19.3 Å². The Morgan fingerprint density at radius 1 is 1.40 bits per heavy atom. The van der Waals surface area contributed by atoms with Gasteiger partial charge in [0.25, 0.3) is 0 Å². The van der Waals surface area contributed by atoms with Gasteiger partial charge in [-0.15, -0.1) is 0 Å². The van der Waals surface area contributed by atoms with Gasteiger partial charge in [-0.05, 0) is 12.8 Å². The number of hydrogen-bond donors (Lipinski definition) is 2. The SMILES string of the molecule is O=CCCCCOP(O)O. The highest BCUT2D eigenvalue weighted by molar-refractivity contribution is 7.39. The molecule has 0 saturated carbocycles. The van der Waals surface area contributed by atoms with Crippen LogP contribution in [0.4, 0.5) is 0 Å². The predicted octanol–water partition coefficient (Wildman–Crippen LogP) is 0.584. The van der Waals surface area contributed by atoms with Gasteiger partial charge in [-0.2, -0.15) is 0 Å². The van der Waals surface area contributed by atoms with Gasteiger partial charge in [-0.1, -0.05) is 0 Å². The molecule has 4 nitrogen and oxygen atoms in total. The Hall–Kier alpha value is -0.0200. The lowest BCUT2D eigenvalue weighted by atomic mass is 10.3. The molecule has 0 aliphatic rings. The van der Waals surface area contributed by atoms with Crippen molar-refractivity contribution < 1.29 is 19.1 Å². The molecule has 0 rings (SSSR count). The van der Waals surface area contributed by atoms with E-state index < -0.39 is 8.60 Å². The Morgan fingerprint density at radius 3 is 2.60 bits per heavy atom. The fourth-order valence-electron chi connectivity index (χ4n) is 0.476. The zero-order valence-electron chi connectivity index (χ0n) is 5.56. The second-order valence-electron chi connectivity index (χ2n) is 1.75. The van der Waals surface area contributed by atoms with E-state index in [0.717, 1.165) is 12.7 Å². The van der Waals surface area contributed by atoms with Gasteiger partial charge in [0.15, 0.2) is 0 Å². The standard InChI is InChI=1S/C5H11O4P/c6-4-2-1-3-5-9-10(7)8/h4,7-8H,1-3,5H2. The molecule has 0 unspecified atom stereocenters. The zero-order valence-corrected chi connectivity index (χ0v) is 6.46. The Kier molecular flexibility index (Phi) is 7.08. The first-order valence-electron chi connectivity index (χ1n) is 3.02. The van der Waals surface area contributed by atoms with Crippen LogP contribution in [0.5, 0.6) is 0 Å². The van der Waals surface area contributed by atoms with Gasteiger partial charge in [-0.25, -0.2) is 0 Å². The minimum atomic E-state index is -2.21. The van der Waals surface area contributed by atoms with E-state index in [1.807, 2.05) is 0 Å². The lowest BCUT2D eigenvalue weighted by Gasteiger charge is -2.00. The van der Waals surface area contributed by atoms with Crippen LogP contribution in [0.3, 0.4) is 0 Å². The van der Waals surface area contributed by atoms with E-state index in [2.05, 4.69) is 4.52 Å². The molecule has 0 aromatic heterocycles. The largest absolute Gasteiger partial charge is 0.328 e. The molecule has 0 aliphatic carbocycles. The summed E-state index contributed by atoms with van der Waals surface area (Å²) in [6.07, 6.45) is 2.78. The fraction of sp³-hybridized carbons (Fsp3) is 0.800. The van der Waals surface area contributed by atoms with Crippen molar-refractivity contribution >= 4 is 14.9 Å². The Bertz CT molecular complexity index is 85.7. The lowest BCUT2D eigenvalue weighted by Crippen LogP contribution is -1.89. The number of unbranched alkanes of at least 4 members (excludes halogenated alkanes) is 2. The van der Waals surface area contributed by atoms with Crippen LogP contribution in [0.15, 0.2) is 0 Å². The van der Waals surface area contributed by atoms with E-state index >= 15 is 0 Å². The fourth-order valence-corrected chi connectivity index (χ4v) is 0.768. The van der Waals surface area contributed by atoms with E-state index in [4.69, 9.17) is 9.79 Å². The third kappa shape index (κ3) is 7.98. The first-order chi connectivity index (χ1) is 4.77. The second kappa shape index (κ2) is 7.09. The van der Waals surface area contributed by atoms with Crippen LogP contribution in [0.2, 0.25) is 0 Å². The van der Waals surface area contributed by atoms with Crippen molar-refractivity contribution in [3.63, 3.8) is 0 Å². The first kappa shape index (κ1) is 9.98. The first-order valence-corrected chi connectivity index (χ1v) is 4.18. The molecule has 0 fully saturated rings. The summed E-state index contributed by atoms with van der Waals surface area (Å²) < 4.78 is 4.45. The minimum absolute atomic E-state index is 0.312. The van der Waals surface area contributed by atoms with Gasteiger partial charge in [-0.3, -0.25) is 0 Å². The normalized spacial score (nSPS) is 10.3. The highest BCUT2D eigenvalue weighted by Crippen LogP contribution is 2.24. The molecule has 0 aromatic carbocycles. The number of aldehydes is 1. The quantitative estimate of drug-likeness (QED) is 0.344. The van der Waals surface area contributed by atoms with Crippen molar-refractivity contribution in [2.75, 3.05) is 6.61 Å². The molecule has 0 spiro atoms. The number of carbonyl (C=O) groups is 1. The highest BCUT2D eigenvalue weighted by atomic mass is 31.2. The van der Waals surface area contributed by atoms with Crippen molar-refractivity contribution in [3.8, 4) is 0 Å². The lowest BCUT2D eigenvalue weighted by molar-refractivity contribution is -0.107. The van der Waals surface area contributed by atoms with Crippen LogP contribution in [-0.4, -0.2) is 22.7 Å². The molecule has 2 N–H and O–H groups in total. The van der Waals surface area contributed by atoms with E-state index in [9.17, 15) is 4.79 Å². The average Bonchev–Trinajstić information content (AvgIpc) is 1.87. The summed E-state index contributed by atoms with van der Waals surface area (Å²) in [5, 5.41) is 0. The topological polar surface area (TPSA) is 66.8 Å². The summed E-state index contributed by atoms with van der Waals surface area (Å²) in [7, 11) is -2.21. The smallest absolute Gasteiger partial charge is 0.327 e. The Labute approximate surface area is 60.8 Å². The summed E-state index contributed by atoms with van der Waals surface area (Å²) in [4.78, 5) is 26.2. The second-order valence-corrected chi connectivity index (χ2v) is 2.51. The molecule has 0 amide bonds. The van der Waals surface area contributed by atoms with Crippen molar-refractivity contribution in [1.29, 1.82) is 0 Å². The van der Waals surface area contributed by atoms with Gasteiger partial charge in [0.2, 0.25) is 0 Å². The van der Waals surface area contributed by atoms with Crippen molar-refractivity contribution in [2.24, 2.45) is 0 Å². The van der Waals surface area contributed by atoms with Crippen LogP contribution >= 0.6 is 8.60 Å². The number of hydrogen-bond acceptors (Lipinski definition) is 4. The maximum atomic E-state index is 9.77. The van der Waals surface area contributed by atoms with E-state index in [1.54, 1.807) is 0 Å². The van der Waals surface area contributed by atoms with Gasteiger partial charge in [0.05, 0.1) is 6.61 Å². The van der Waals surface area contributed by atoms with Crippen LogP contribution in [-0.2, 0) is 9.32 Å². The molecular weight excluding hydrogens is 155 g/mol. The van der Waals surface area contributed by atoms with Crippen LogP contribution in [0, 0.1) is 0 Å². The third-order valence-corrected chi connectivity index (χ3v) is 1.34. The maximum absolute atomic E-state index is 9.77. The van der Waals surface area contributed by atoms with E-state index in [0.29, 0.717) is 19.4 Å². The summed E-state index contributed by atoms with van der Waals surface area (Å²) in [6.45, 7) is 0.312. The van der Waals surface area contributed by atoms with Gasteiger partial charge >= 0.3 is 8.60 Å². The summed E-state index contributed by atoms with van der Waals surface area (Å²) >= 11 is 0. The summed E-state index contributed by atoms with van der Waals surface area (Å²) in [5.74, 6) is 0. The molecule has 0 heterocycles. The molecular formula is C5H11O4P. The van der Waals surface area contributed by atoms with Crippen LogP contribution in [0.25, 0.3) is 0 Å². The molecule has 0 aliphatic heterocycles. The molecule has 60 valence electrons. The molecule has 0 saturated heterocycles. The molecule has 5 heteroatoms. The van der Waals surface area contributed by atoms with E-state index in [-0.39, 0.29) is 0 Å². The minimum Gasteiger partial charge on any atom is -0.328 e. The molecule has 0 atom stereocenters. The predicted molar refractivity (Wildman–Crippen MR) is 37.2 cm³/mol.